The molecule has 2 aromatic carbocycles. The van der Waals surface area contributed by atoms with Crippen molar-refractivity contribution in [1.29, 1.82) is 0 Å². The van der Waals surface area contributed by atoms with Gasteiger partial charge in [-0.3, -0.25) is 4.79 Å². The predicted molar refractivity (Wildman–Crippen MR) is 170 cm³/mol. The lowest BCUT2D eigenvalue weighted by Crippen LogP contribution is -2.50. The fraction of sp³-hybridized carbons (Fsp3) is 0.559. The molecule has 0 aliphatic heterocycles. The molecule has 6 unspecified atom stereocenters. The lowest BCUT2D eigenvalue weighted by molar-refractivity contribution is -0.153. The minimum atomic E-state index is -1.34. The topological polar surface area (TPSA) is 182 Å². The number of hydrogen-bond acceptors (Lipinski definition) is 10. The molecule has 3 rings (SSSR count). The molecule has 0 amide bonds. The minimum absolute atomic E-state index is 0.0415. The van der Waals surface area contributed by atoms with Crippen molar-refractivity contribution < 1.29 is 39.1 Å². The number of nitrogens with two attached hydrogens (primary N) is 2. The van der Waals surface area contributed by atoms with Crippen LogP contribution in [-0.2, 0) is 9.53 Å². The summed E-state index contributed by atoms with van der Waals surface area (Å²) in [5, 5.41) is 42.6. The maximum Gasteiger partial charge on any atom is 0.311 e. The standard InChI is InChI=1S/C34H50N2O8/c1-21(19-33(2,3)35)31(34(4,5)36)32(41)42-15-9-12-25(37)26(38)18-27(39)28(40)20-43-24-14-13-23-16-29(44-30(23)17-24)22-10-7-6-8-11-22/h6-8,10-11,13-14,16-17,21,25-28,31,37-40H,9,12,15,18-20,35-36H2,1-5H3. The highest BCUT2D eigenvalue weighted by atomic mass is 16.5. The van der Waals surface area contributed by atoms with E-state index in [0.29, 0.717) is 24.2 Å². The maximum atomic E-state index is 12.9. The van der Waals surface area contributed by atoms with Crippen LogP contribution >= 0.6 is 0 Å². The van der Waals surface area contributed by atoms with Gasteiger partial charge in [-0.05, 0) is 71.1 Å². The summed E-state index contributed by atoms with van der Waals surface area (Å²) in [5.74, 6) is 0.0866. The van der Waals surface area contributed by atoms with Gasteiger partial charge in [0.05, 0.1) is 30.8 Å². The molecule has 1 aromatic heterocycles. The van der Waals surface area contributed by atoms with Crippen molar-refractivity contribution in [3.63, 3.8) is 0 Å². The number of benzene rings is 2. The van der Waals surface area contributed by atoms with Gasteiger partial charge < -0.3 is 45.8 Å². The van der Waals surface area contributed by atoms with Gasteiger partial charge in [0.15, 0.2) is 0 Å². The lowest BCUT2D eigenvalue weighted by Gasteiger charge is -2.36. The Labute approximate surface area is 260 Å². The van der Waals surface area contributed by atoms with Crippen LogP contribution in [0.3, 0.4) is 0 Å². The number of carbonyl (C=O) groups excluding carboxylic acids is 1. The van der Waals surface area contributed by atoms with Crippen LogP contribution < -0.4 is 16.2 Å². The molecule has 44 heavy (non-hydrogen) atoms. The smallest absolute Gasteiger partial charge is 0.311 e. The van der Waals surface area contributed by atoms with E-state index >= 15 is 0 Å². The van der Waals surface area contributed by atoms with E-state index in [0.717, 1.165) is 16.7 Å². The summed E-state index contributed by atoms with van der Waals surface area (Å²) >= 11 is 0. The molecule has 6 atom stereocenters. The van der Waals surface area contributed by atoms with E-state index in [1.54, 1.807) is 26.0 Å². The Morgan fingerprint density at radius 3 is 2.20 bits per heavy atom. The minimum Gasteiger partial charge on any atom is -0.491 e. The molecule has 8 N–H and O–H groups in total. The summed E-state index contributed by atoms with van der Waals surface area (Å²) in [5.41, 5.74) is 12.7. The number of rotatable bonds is 17. The zero-order valence-corrected chi connectivity index (χ0v) is 26.5. The number of furan rings is 1. The van der Waals surface area contributed by atoms with E-state index in [-0.39, 0.29) is 32.0 Å². The zero-order valence-electron chi connectivity index (χ0n) is 26.5. The Balaban J connectivity index is 1.42. The number of esters is 1. The van der Waals surface area contributed by atoms with Gasteiger partial charge >= 0.3 is 5.97 Å². The molecule has 0 aliphatic rings. The fourth-order valence-corrected chi connectivity index (χ4v) is 5.66. The van der Waals surface area contributed by atoms with E-state index in [9.17, 15) is 25.2 Å². The van der Waals surface area contributed by atoms with Gasteiger partial charge in [-0.1, -0.05) is 37.3 Å². The Morgan fingerprint density at radius 1 is 0.909 bits per heavy atom. The average Bonchev–Trinajstić information content (AvgIpc) is 3.36. The third-order valence-electron chi connectivity index (χ3n) is 7.70. The molecule has 244 valence electrons. The first-order valence-electron chi connectivity index (χ1n) is 15.2. The quantitative estimate of drug-likeness (QED) is 0.0968. The number of aliphatic hydroxyl groups is 4. The maximum absolute atomic E-state index is 12.9. The predicted octanol–water partition coefficient (Wildman–Crippen LogP) is 3.75. The Morgan fingerprint density at radius 2 is 1.57 bits per heavy atom. The number of carbonyl (C=O) groups is 1. The molecule has 0 saturated carbocycles. The first-order valence-corrected chi connectivity index (χ1v) is 15.2. The second-order valence-electron chi connectivity index (χ2n) is 13.3. The van der Waals surface area contributed by atoms with Crippen molar-refractivity contribution in [3.8, 4) is 17.1 Å². The molecule has 0 aliphatic carbocycles. The van der Waals surface area contributed by atoms with Crippen molar-refractivity contribution in [1.82, 2.24) is 0 Å². The summed E-state index contributed by atoms with van der Waals surface area (Å²) in [7, 11) is 0. The number of ether oxygens (including phenoxy) is 2. The highest BCUT2D eigenvalue weighted by molar-refractivity contribution is 5.84. The van der Waals surface area contributed by atoms with Crippen LogP contribution in [-0.4, -0.2) is 75.1 Å². The van der Waals surface area contributed by atoms with Gasteiger partial charge in [-0.15, -0.1) is 0 Å². The first-order chi connectivity index (χ1) is 20.5. The molecular weight excluding hydrogens is 564 g/mol. The average molecular weight is 615 g/mol. The number of hydrogen-bond donors (Lipinski definition) is 6. The van der Waals surface area contributed by atoms with Gasteiger partial charge in [0.2, 0.25) is 0 Å². The molecule has 0 spiro atoms. The Bertz CT molecular complexity index is 1310. The third-order valence-corrected chi connectivity index (χ3v) is 7.70. The third kappa shape index (κ3) is 10.6. The van der Waals surface area contributed by atoms with Crippen LogP contribution in [0, 0.1) is 11.8 Å². The molecule has 10 heteroatoms. The van der Waals surface area contributed by atoms with Crippen molar-refractivity contribution in [2.75, 3.05) is 13.2 Å². The molecule has 3 aromatic rings. The van der Waals surface area contributed by atoms with Gasteiger partial charge in [0.1, 0.15) is 29.8 Å². The number of fused-ring (bicyclic) bond motifs is 1. The molecule has 0 radical (unpaired) electrons. The van der Waals surface area contributed by atoms with Crippen LogP contribution in [0.5, 0.6) is 5.75 Å². The van der Waals surface area contributed by atoms with Gasteiger partial charge in [-0.25, -0.2) is 0 Å². The van der Waals surface area contributed by atoms with Crippen LogP contribution in [0.1, 0.15) is 60.3 Å². The van der Waals surface area contributed by atoms with E-state index in [1.165, 1.54) is 0 Å². The monoisotopic (exact) mass is 614 g/mol. The summed E-state index contributed by atoms with van der Waals surface area (Å²) in [4.78, 5) is 12.9. The molecule has 10 nitrogen and oxygen atoms in total. The second-order valence-corrected chi connectivity index (χ2v) is 13.3. The molecule has 0 bridgehead atoms. The Hall–Kier alpha value is -2.99. The summed E-state index contributed by atoms with van der Waals surface area (Å²) in [6.07, 6.45) is -4.38. The van der Waals surface area contributed by atoms with Crippen molar-refractivity contribution in [2.24, 2.45) is 23.3 Å². The number of aliphatic hydroxyl groups excluding tert-OH is 4. The summed E-state index contributed by atoms with van der Waals surface area (Å²) in [6.45, 7) is 9.10. The van der Waals surface area contributed by atoms with E-state index in [4.69, 9.17) is 25.4 Å². The van der Waals surface area contributed by atoms with Crippen molar-refractivity contribution in [3.05, 3.63) is 54.6 Å². The summed E-state index contributed by atoms with van der Waals surface area (Å²) < 4.78 is 17.1. The zero-order chi connectivity index (χ0) is 32.7. The van der Waals surface area contributed by atoms with Crippen LogP contribution in [0.25, 0.3) is 22.3 Å². The second kappa shape index (κ2) is 15.3. The van der Waals surface area contributed by atoms with Gasteiger partial charge in [0.25, 0.3) is 0 Å². The van der Waals surface area contributed by atoms with Gasteiger partial charge in [-0.2, -0.15) is 0 Å². The molecule has 1 heterocycles. The highest BCUT2D eigenvalue weighted by Crippen LogP contribution is 2.31. The highest BCUT2D eigenvalue weighted by Gasteiger charge is 2.39. The van der Waals surface area contributed by atoms with Crippen molar-refractivity contribution in [2.45, 2.75) is 95.8 Å². The summed E-state index contributed by atoms with van der Waals surface area (Å²) in [6, 6.07) is 16.9. The molecule has 0 saturated heterocycles. The van der Waals surface area contributed by atoms with Gasteiger partial charge in [0, 0.05) is 34.5 Å². The van der Waals surface area contributed by atoms with E-state index in [2.05, 4.69) is 0 Å². The normalized spacial score (nSPS) is 16.6. The van der Waals surface area contributed by atoms with Crippen molar-refractivity contribution >= 4 is 16.9 Å². The van der Waals surface area contributed by atoms with Crippen LogP contribution in [0.15, 0.2) is 59.0 Å². The van der Waals surface area contributed by atoms with E-state index in [1.807, 2.05) is 63.2 Å². The first kappa shape index (κ1) is 35.5. The lowest BCUT2D eigenvalue weighted by atomic mass is 9.75. The van der Waals surface area contributed by atoms with E-state index < -0.39 is 47.4 Å². The van der Waals surface area contributed by atoms with Crippen LogP contribution in [0.4, 0.5) is 0 Å². The Kier molecular flexibility index (Phi) is 12.4. The molecular formula is C34H50N2O8. The van der Waals surface area contributed by atoms with Crippen LogP contribution in [0.2, 0.25) is 0 Å². The largest absolute Gasteiger partial charge is 0.491 e. The fourth-order valence-electron chi connectivity index (χ4n) is 5.66. The SMILES string of the molecule is CC(CC(C)(C)N)C(C(=O)OCCCC(O)C(O)CC(O)C(O)COc1ccc2cc(-c3ccccc3)oc2c1)C(C)(C)N. The molecule has 0 fully saturated rings.